The van der Waals surface area contributed by atoms with Gasteiger partial charge in [0, 0.05) is 11.1 Å². The molecule has 0 spiro atoms. The van der Waals surface area contributed by atoms with Crippen LogP contribution in [0.15, 0.2) is 22.6 Å². The predicted molar refractivity (Wildman–Crippen MR) is 160 cm³/mol. The normalized spacial score (nSPS) is 11.1. The number of hydrogen-bond donors (Lipinski definition) is 3. The van der Waals surface area contributed by atoms with Crippen LogP contribution < -0.4 is 29.6 Å². The predicted octanol–water partition coefficient (Wildman–Crippen LogP) is 6.03. The minimum atomic E-state index is -1.24. The molecule has 0 aliphatic rings. The number of benzene rings is 3. The molecule has 33 heavy (non-hydrogen) atoms. The molecule has 0 amide bonds. The molecule has 1 aromatic heterocycles. The molecule has 0 unspecified atom stereocenters. The summed E-state index contributed by atoms with van der Waals surface area (Å²) in [5.41, 5.74) is 1.07. The number of carbonyl (C=O) groups is 1. The Hall–Kier alpha value is 1.19. The van der Waals surface area contributed by atoms with Gasteiger partial charge in [-0.1, -0.05) is 34.8 Å². The van der Waals surface area contributed by atoms with Crippen molar-refractivity contribution in [2.45, 2.75) is 0 Å². The van der Waals surface area contributed by atoms with Crippen LogP contribution in [-0.4, -0.2) is 21.3 Å². The molecule has 1 heterocycles. The number of hydrogen-bond acceptors (Lipinski definition) is 3. The third-order valence-electron chi connectivity index (χ3n) is 4.68. The number of phenols is 2. The van der Waals surface area contributed by atoms with Gasteiger partial charge in [-0.2, -0.15) is 0 Å². The Balaban J connectivity index is 0.00000306. The number of phenolic OH excluding ortho intramolecular Hbond substituents is 2. The van der Waals surface area contributed by atoms with E-state index in [0.29, 0.717) is 41.8 Å². The third-order valence-corrected chi connectivity index (χ3v) is 9.59. The first kappa shape index (κ1) is 28.8. The minimum absolute atomic E-state index is 0. The fourth-order valence-electron chi connectivity index (χ4n) is 3.28. The number of fused-ring (bicyclic) bond motifs is 2. The summed E-state index contributed by atoms with van der Waals surface area (Å²) in [4.78, 5) is 12.2. The van der Waals surface area contributed by atoms with Gasteiger partial charge < -0.3 is 15.3 Å². The van der Waals surface area contributed by atoms with Crippen LogP contribution >= 0.6 is 125 Å². The molecule has 5 nitrogen and oxygen atoms in total. The Labute approximate surface area is 278 Å². The van der Waals surface area contributed by atoms with Gasteiger partial charge in [0.05, 0.1) is 38.5 Å². The average Bonchev–Trinajstić information content (AvgIpc) is 2.74. The van der Waals surface area contributed by atoms with Crippen molar-refractivity contribution in [3.8, 4) is 22.6 Å². The van der Waals surface area contributed by atoms with Crippen LogP contribution in [-0.2, 0) is 0 Å². The van der Waals surface area contributed by atoms with E-state index in [1.807, 2.05) is 90.4 Å². The van der Waals surface area contributed by atoms with Crippen LogP contribution in [0.5, 0.6) is 11.5 Å². The number of aromatic hydroxyl groups is 2. The zero-order chi connectivity index (χ0) is 23.6. The van der Waals surface area contributed by atoms with E-state index in [4.69, 9.17) is 39.2 Å². The molecule has 0 aliphatic carbocycles. The van der Waals surface area contributed by atoms with E-state index in [0.717, 1.165) is 0 Å². The second-order valence-corrected chi connectivity index (χ2v) is 12.1. The van der Waals surface area contributed by atoms with Crippen molar-refractivity contribution >= 4 is 153 Å². The van der Waals surface area contributed by atoms with Crippen molar-refractivity contribution in [2.75, 3.05) is 0 Å². The Kier molecular flexibility index (Phi) is 9.49. The van der Waals surface area contributed by atoms with E-state index in [9.17, 15) is 20.1 Å². The van der Waals surface area contributed by atoms with E-state index >= 15 is 0 Å². The first-order valence-corrected chi connectivity index (χ1v) is 13.8. The monoisotopic (exact) mass is 962 g/mol. The summed E-state index contributed by atoms with van der Waals surface area (Å²) in [6, 6.07) is 4.62. The fourth-order valence-corrected chi connectivity index (χ4v) is 7.55. The topological polar surface area (TPSA) is 89.1 Å². The minimum Gasteiger partial charge on any atom is -0.505 e. The van der Waals surface area contributed by atoms with Crippen molar-refractivity contribution in [1.82, 2.24) is 0 Å². The Morgan fingerprint density at radius 3 is 1.67 bits per heavy atom. The molecule has 0 bridgehead atoms. The first-order valence-electron chi connectivity index (χ1n) is 8.34. The van der Waals surface area contributed by atoms with Gasteiger partial charge >= 0.3 is 46.7 Å². The second-order valence-electron chi connectivity index (χ2n) is 6.49. The van der Waals surface area contributed by atoms with Crippen LogP contribution in [0.4, 0.5) is 0 Å². The molecule has 0 saturated carbocycles. The standard InChI is InChI=1S/C20H5Cl3I4O5.Na/c21-7-1-6(20(30)31)11(13(23)12(7)22)10-4-2-8(24)16(28)14(26)18(4)32-19-5(10)3-9(25)17(29)15(19)27;/h1-3H,(H2-,28,29,30,31);/q;+1/p+1. The summed E-state index contributed by atoms with van der Waals surface area (Å²) >= 11 is 26.9. The van der Waals surface area contributed by atoms with Crippen LogP contribution in [0.3, 0.4) is 0 Å². The van der Waals surface area contributed by atoms with Gasteiger partial charge in [-0.3, -0.25) is 0 Å². The molecule has 0 atom stereocenters. The molecule has 0 radical (unpaired) electrons. The summed E-state index contributed by atoms with van der Waals surface area (Å²) in [6.45, 7) is 0. The summed E-state index contributed by atoms with van der Waals surface area (Å²) in [5.74, 6) is -1.19. The first-order chi connectivity index (χ1) is 15.0. The molecule has 13 heteroatoms. The Bertz CT molecular complexity index is 1440. The van der Waals surface area contributed by atoms with Crippen molar-refractivity contribution in [2.24, 2.45) is 0 Å². The molecule has 4 aromatic rings. The average molecular weight is 963 g/mol. The molecule has 3 aromatic carbocycles. The number of aromatic carboxylic acids is 1. The quantitative estimate of drug-likeness (QED) is 0.0753. The molecule has 164 valence electrons. The van der Waals surface area contributed by atoms with E-state index in [-0.39, 0.29) is 67.3 Å². The van der Waals surface area contributed by atoms with Gasteiger partial charge in [0.25, 0.3) is 0 Å². The Morgan fingerprint density at radius 2 is 1.24 bits per heavy atom. The third kappa shape index (κ3) is 4.90. The van der Waals surface area contributed by atoms with Crippen molar-refractivity contribution in [3.63, 3.8) is 0 Å². The van der Waals surface area contributed by atoms with Crippen molar-refractivity contribution < 1.29 is 54.1 Å². The number of carboxylic acids is 1. The van der Waals surface area contributed by atoms with Crippen LogP contribution in [0, 0.1) is 14.3 Å². The van der Waals surface area contributed by atoms with Crippen LogP contribution in [0.25, 0.3) is 33.1 Å². The van der Waals surface area contributed by atoms with Crippen molar-refractivity contribution in [1.29, 1.82) is 0 Å². The molecule has 0 saturated heterocycles. The molecule has 4 rings (SSSR count). The fraction of sp³-hybridized carbons (Fsp3) is 0. The maximum Gasteiger partial charge on any atom is 1.00 e. The second kappa shape index (κ2) is 10.9. The summed E-state index contributed by atoms with van der Waals surface area (Å²) in [6.07, 6.45) is 0. The van der Waals surface area contributed by atoms with Crippen LogP contribution in [0.1, 0.15) is 10.4 Å². The summed E-state index contributed by atoms with van der Waals surface area (Å²) in [7, 11) is 0. The van der Waals surface area contributed by atoms with Gasteiger partial charge in [0.15, 0.2) is 18.6 Å². The van der Waals surface area contributed by atoms with Gasteiger partial charge in [-0.15, -0.1) is 0 Å². The number of rotatable bonds is 2. The molecule has 0 fully saturated rings. The SMILES string of the molecule is O=C(O)c1cc(Cl)c(Cl)c(Cl)c1-c1c2cc(I)c(O)c(I)c2[o+]c2c(I)c(O)c(I)cc12.[Na+]. The largest absolute Gasteiger partial charge is 1.00 e. The molecular weight excluding hydrogens is 957 g/mol. The Morgan fingerprint density at radius 1 is 0.788 bits per heavy atom. The van der Waals surface area contributed by atoms with Gasteiger partial charge in [-0.25, -0.2) is 9.21 Å². The number of carboxylic acid groups (broad SMARTS) is 1. The molecule has 3 N–H and O–H groups in total. The van der Waals surface area contributed by atoms with Gasteiger partial charge in [0.1, 0.15) is 0 Å². The van der Waals surface area contributed by atoms with Crippen molar-refractivity contribution in [3.05, 3.63) is 53.1 Å². The maximum atomic E-state index is 12.2. The van der Waals surface area contributed by atoms with Gasteiger partial charge in [0.2, 0.25) is 0 Å². The summed E-state index contributed by atoms with van der Waals surface area (Å²) in [5, 5.41) is 32.0. The maximum absolute atomic E-state index is 12.2. The van der Waals surface area contributed by atoms with E-state index in [2.05, 4.69) is 0 Å². The smallest absolute Gasteiger partial charge is 0.505 e. The molecular formula is C20H6Cl3I4NaO5+2. The number of halogens is 7. The zero-order valence-electron chi connectivity index (χ0n) is 16.0. The van der Waals surface area contributed by atoms with E-state index < -0.39 is 5.97 Å². The van der Waals surface area contributed by atoms with E-state index in [1.165, 1.54) is 6.07 Å². The van der Waals surface area contributed by atoms with E-state index in [1.54, 1.807) is 12.1 Å². The molecule has 0 aliphatic heterocycles. The summed E-state index contributed by atoms with van der Waals surface area (Å²) < 4.78 is 8.06. The van der Waals surface area contributed by atoms with Crippen LogP contribution in [0.2, 0.25) is 15.1 Å². The zero-order valence-corrected chi connectivity index (χ0v) is 28.9. The van der Waals surface area contributed by atoms with Gasteiger partial charge in [-0.05, 0) is 109 Å².